The van der Waals surface area contributed by atoms with Crippen molar-refractivity contribution in [2.75, 3.05) is 0 Å². The zero-order chi connectivity index (χ0) is 20.4. The molecule has 0 saturated carbocycles. The topological polar surface area (TPSA) is 102 Å². The van der Waals surface area contributed by atoms with Crippen molar-refractivity contribution in [1.82, 2.24) is 10.4 Å². The predicted molar refractivity (Wildman–Crippen MR) is 86.8 cm³/mol. The molecule has 27 heavy (non-hydrogen) atoms. The number of halogens is 2. The van der Waals surface area contributed by atoms with Crippen molar-refractivity contribution in [3.05, 3.63) is 35.4 Å². The van der Waals surface area contributed by atoms with Gasteiger partial charge in [-0.05, 0) is 32.9 Å². The summed E-state index contributed by atoms with van der Waals surface area (Å²) in [5.74, 6) is -3.04. The van der Waals surface area contributed by atoms with Gasteiger partial charge in [-0.25, -0.2) is 18.4 Å². The minimum Gasteiger partial charge on any atom is -0.444 e. The van der Waals surface area contributed by atoms with Crippen molar-refractivity contribution in [1.29, 1.82) is 0 Å². The molecule has 1 unspecified atom stereocenters. The van der Waals surface area contributed by atoms with Gasteiger partial charge in [-0.15, -0.1) is 0 Å². The van der Waals surface area contributed by atoms with Gasteiger partial charge in [0, 0.05) is 0 Å². The minimum atomic E-state index is -3.10. The summed E-state index contributed by atoms with van der Waals surface area (Å²) in [4.78, 5) is 52.4. The fourth-order valence-corrected chi connectivity index (χ4v) is 2.23. The second-order valence-corrected chi connectivity index (χ2v) is 6.70. The fraction of sp³-hybridized carbons (Fsp3) is 0.412. The second-order valence-electron chi connectivity index (χ2n) is 6.70. The molecule has 3 amide bonds. The number of rotatable bonds is 5. The highest BCUT2D eigenvalue weighted by molar-refractivity contribution is 6.20. The molecule has 1 aromatic carbocycles. The molecule has 0 spiro atoms. The lowest BCUT2D eigenvalue weighted by molar-refractivity contribution is -0.170. The van der Waals surface area contributed by atoms with Gasteiger partial charge in [-0.3, -0.25) is 9.59 Å². The number of fused-ring (bicyclic) bond motifs is 1. The van der Waals surface area contributed by atoms with Crippen LogP contribution in [0.5, 0.6) is 0 Å². The zero-order valence-corrected chi connectivity index (χ0v) is 14.8. The largest absolute Gasteiger partial charge is 0.444 e. The Kier molecular flexibility index (Phi) is 5.77. The number of imide groups is 1. The number of hydroxylamine groups is 2. The Bertz CT molecular complexity index is 740. The second kappa shape index (κ2) is 7.68. The third-order valence-electron chi connectivity index (χ3n) is 3.34. The highest BCUT2D eigenvalue weighted by Gasteiger charge is 2.39. The summed E-state index contributed by atoms with van der Waals surface area (Å²) < 4.78 is 31.1. The minimum absolute atomic E-state index is 0.0348. The first kappa shape index (κ1) is 20.3. The standard InChI is InChI=1S/C17H18F2N2O6/c1-17(2,3)26-16(25)20-11(13(18)19)8-12(22)27-21-14(23)9-6-4-5-7-10(9)15(21)24/h4-7,11,13H,8H2,1-3H3,(H,20,25). The van der Waals surface area contributed by atoms with Crippen LogP contribution in [0, 0.1) is 0 Å². The van der Waals surface area contributed by atoms with E-state index >= 15 is 0 Å². The van der Waals surface area contributed by atoms with Crippen LogP contribution in [0.4, 0.5) is 13.6 Å². The molecule has 10 heteroatoms. The Hall–Kier alpha value is -3.04. The Labute approximate surface area is 153 Å². The molecule has 1 aromatic rings. The normalized spacial score (nSPS) is 14.8. The number of nitrogens with zero attached hydrogens (tertiary/aromatic N) is 1. The molecule has 1 atom stereocenters. The molecule has 0 aromatic heterocycles. The van der Waals surface area contributed by atoms with Crippen LogP contribution in [0.25, 0.3) is 0 Å². The molecule has 0 bridgehead atoms. The van der Waals surface area contributed by atoms with Crippen molar-refractivity contribution in [2.24, 2.45) is 0 Å². The Morgan fingerprint density at radius 1 is 1.11 bits per heavy atom. The predicted octanol–water partition coefficient (Wildman–Crippen LogP) is 2.29. The van der Waals surface area contributed by atoms with Crippen LogP contribution in [0.1, 0.15) is 47.9 Å². The lowest BCUT2D eigenvalue weighted by atomic mass is 10.1. The maximum Gasteiger partial charge on any atom is 0.408 e. The maximum absolute atomic E-state index is 13.1. The number of nitrogens with one attached hydrogen (secondary N) is 1. The van der Waals surface area contributed by atoms with Gasteiger partial charge < -0.3 is 14.9 Å². The molecule has 1 aliphatic rings. The molecule has 0 saturated heterocycles. The van der Waals surface area contributed by atoms with Gasteiger partial charge in [0.25, 0.3) is 18.2 Å². The van der Waals surface area contributed by atoms with E-state index < -0.39 is 48.4 Å². The van der Waals surface area contributed by atoms with Gasteiger partial charge in [0.2, 0.25) is 0 Å². The van der Waals surface area contributed by atoms with Crippen LogP contribution < -0.4 is 5.32 Å². The lowest BCUT2D eigenvalue weighted by Gasteiger charge is -2.23. The van der Waals surface area contributed by atoms with Gasteiger partial charge in [-0.2, -0.15) is 0 Å². The summed E-state index contributed by atoms with van der Waals surface area (Å²) in [7, 11) is 0. The van der Waals surface area contributed by atoms with E-state index in [1.54, 1.807) is 20.8 Å². The zero-order valence-electron chi connectivity index (χ0n) is 14.8. The van der Waals surface area contributed by atoms with Crippen molar-refractivity contribution in [2.45, 2.75) is 45.3 Å². The third kappa shape index (κ3) is 4.99. The molecule has 1 aliphatic heterocycles. The summed E-state index contributed by atoms with van der Waals surface area (Å²) in [6.45, 7) is 4.63. The number of hydrogen-bond donors (Lipinski definition) is 1. The molecule has 0 radical (unpaired) electrons. The van der Waals surface area contributed by atoms with Crippen molar-refractivity contribution in [3.8, 4) is 0 Å². The molecule has 146 valence electrons. The number of carbonyl (C=O) groups is 4. The van der Waals surface area contributed by atoms with Gasteiger partial charge in [0.15, 0.2) is 0 Å². The third-order valence-corrected chi connectivity index (χ3v) is 3.34. The number of alkyl halides is 2. The molecule has 8 nitrogen and oxygen atoms in total. The van der Waals surface area contributed by atoms with Gasteiger partial charge in [-0.1, -0.05) is 17.2 Å². The van der Waals surface area contributed by atoms with E-state index in [4.69, 9.17) is 4.74 Å². The quantitative estimate of drug-likeness (QED) is 0.782. The SMILES string of the molecule is CC(C)(C)OC(=O)NC(CC(=O)ON1C(=O)c2ccccc2C1=O)C(F)F. The molecule has 1 N–H and O–H groups in total. The Morgan fingerprint density at radius 3 is 2.07 bits per heavy atom. The van der Waals surface area contributed by atoms with Crippen LogP contribution in [0.2, 0.25) is 0 Å². The summed E-state index contributed by atoms with van der Waals surface area (Å²) in [5.41, 5.74) is -0.850. The van der Waals surface area contributed by atoms with Crippen molar-refractivity contribution < 1.29 is 37.5 Å². The van der Waals surface area contributed by atoms with Crippen LogP contribution >= 0.6 is 0 Å². The van der Waals surface area contributed by atoms with E-state index in [2.05, 4.69) is 4.84 Å². The first-order chi connectivity index (χ1) is 12.5. The average molecular weight is 384 g/mol. The number of alkyl carbamates (subject to hydrolysis) is 1. The highest BCUT2D eigenvalue weighted by Crippen LogP contribution is 2.23. The van der Waals surface area contributed by atoms with E-state index in [0.717, 1.165) is 0 Å². The summed E-state index contributed by atoms with van der Waals surface area (Å²) >= 11 is 0. The Balaban J connectivity index is 2.00. The number of ether oxygens (including phenoxy) is 1. The number of amides is 3. The molecule has 2 rings (SSSR count). The van der Waals surface area contributed by atoms with E-state index in [-0.39, 0.29) is 16.2 Å². The van der Waals surface area contributed by atoms with E-state index in [0.29, 0.717) is 0 Å². The monoisotopic (exact) mass is 384 g/mol. The maximum atomic E-state index is 13.1. The van der Waals surface area contributed by atoms with Gasteiger partial charge >= 0.3 is 12.1 Å². The molecular formula is C17H18F2N2O6. The molecule has 0 aliphatic carbocycles. The van der Waals surface area contributed by atoms with Gasteiger partial charge in [0.05, 0.1) is 17.5 Å². The van der Waals surface area contributed by atoms with Crippen LogP contribution in [-0.4, -0.2) is 47.0 Å². The van der Waals surface area contributed by atoms with Crippen LogP contribution in [0.15, 0.2) is 24.3 Å². The summed E-state index contributed by atoms with van der Waals surface area (Å²) in [6, 6.07) is 3.87. The summed E-state index contributed by atoms with van der Waals surface area (Å²) in [5, 5.41) is 2.08. The fourth-order valence-electron chi connectivity index (χ4n) is 2.23. The van der Waals surface area contributed by atoms with E-state index in [1.807, 2.05) is 5.32 Å². The highest BCUT2D eigenvalue weighted by atomic mass is 19.3. The van der Waals surface area contributed by atoms with Crippen molar-refractivity contribution >= 4 is 23.9 Å². The first-order valence-electron chi connectivity index (χ1n) is 7.96. The van der Waals surface area contributed by atoms with Crippen LogP contribution in [-0.2, 0) is 14.4 Å². The first-order valence-corrected chi connectivity index (χ1v) is 7.96. The van der Waals surface area contributed by atoms with Crippen molar-refractivity contribution in [3.63, 3.8) is 0 Å². The molecule has 0 fully saturated rings. The number of hydrogen-bond acceptors (Lipinski definition) is 6. The summed E-state index contributed by atoms with van der Waals surface area (Å²) in [6.07, 6.45) is -5.21. The molecule has 1 heterocycles. The average Bonchev–Trinajstić information content (AvgIpc) is 2.78. The van der Waals surface area contributed by atoms with Gasteiger partial charge in [0.1, 0.15) is 11.6 Å². The molecular weight excluding hydrogens is 366 g/mol. The number of benzene rings is 1. The van der Waals surface area contributed by atoms with E-state index in [1.165, 1.54) is 24.3 Å². The lowest BCUT2D eigenvalue weighted by Crippen LogP contribution is -2.45. The van der Waals surface area contributed by atoms with Crippen LogP contribution in [0.3, 0.4) is 0 Å². The smallest absolute Gasteiger partial charge is 0.408 e. The Morgan fingerprint density at radius 2 is 1.63 bits per heavy atom. The number of carbonyl (C=O) groups excluding carboxylic acids is 4. The van der Waals surface area contributed by atoms with E-state index in [9.17, 15) is 28.0 Å².